The molecule has 0 saturated heterocycles. The fourth-order valence-electron chi connectivity index (χ4n) is 1.91. The van der Waals surface area contributed by atoms with Crippen molar-refractivity contribution in [1.29, 1.82) is 0 Å². The summed E-state index contributed by atoms with van der Waals surface area (Å²) in [5.41, 5.74) is 3.57. The van der Waals surface area contributed by atoms with E-state index >= 15 is 0 Å². The number of aryl methyl sites for hydroxylation is 1. The first-order valence-corrected chi connectivity index (χ1v) is 5.85. The minimum Gasteiger partial charge on any atom is -0.443 e. The molecule has 0 aliphatic carbocycles. The normalized spacial score (nSPS) is 11.2. The van der Waals surface area contributed by atoms with E-state index in [0.717, 1.165) is 34.6 Å². The van der Waals surface area contributed by atoms with Crippen molar-refractivity contribution in [3.63, 3.8) is 0 Å². The highest BCUT2D eigenvalue weighted by molar-refractivity contribution is 5.78. The van der Waals surface area contributed by atoms with Crippen LogP contribution in [0.5, 0.6) is 0 Å². The van der Waals surface area contributed by atoms with E-state index in [-0.39, 0.29) is 6.61 Å². The second kappa shape index (κ2) is 4.62. The number of fused-ring (bicyclic) bond motifs is 1. The number of aliphatic hydroxyl groups excluding tert-OH is 1. The third-order valence-corrected chi connectivity index (χ3v) is 2.84. The Kier molecular flexibility index (Phi) is 2.82. The quantitative estimate of drug-likeness (QED) is 0.736. The fourth-order valence-corrected chi connectivity index (χ4v) is 1.91. The molecule has 2 aromatic heterocycles. The Labute approximate surface area is 104 Å². The molecule has 0 bridgehead atoms. The van der Waals surface area contributed by atoms with Gasteiger partial charge in [0.1, 0.15) is 11.3 Å². The second-order valence-electron chi connectivity index (χ2n) is 4.11. The lowest BCUT2D eigenvalue weighted by molar-refractivity contribution is 0.287. The van der Waals surface area contributed by atoms with Crippen LogP contribution in [0.2, 0.25) is 0 Å². The highest BCUT2D eigenvalue weighted by Gasteiger charge is 2.06. The molecule has 5 heteroatoms. The molecule has 0 aliphatic heterocycles. The van der Waals surface area contributed by atoms with Crippen LogP contribution in [0.25, 0.3) is 22.4 Å². The zero-order valence-corrected chi connectivity index (χ0v) is 9.76. The molecular weight excluding hydrogens is 230 g/mol. The Morgan fingerprint density at radius 1 is 1.28 bits per heavy atom. The average Bonchev–Trinajstić information content (AvgIpc) is 3.04. The number of benzene rings is 1. The first-order valence-electron chi connectivity index (χ1n) is 5.85. The summed E-state index contributed by atoms with van der Waals surface area (Å²) in [5.74, 6) is 0.886. The number of rotatable bonds is 4. The van der Waals surface area contributed by atoms with Crippen molar-refractivity contribution >= 4 is 11.1 Å². The summed E-state index contributed by atoms with van der Waals surface area (Å²) in [7, 11) is 0. The summed E-state index contributed by atoms with van der Waals surface area (Å²) in [6, 6.07) is 5.84. The van der Waals surface area contributed by atoms with Crippen LogP contribution in [0.15, 0.2) is 35.2 Å². The number of nitrogens with zero attached hydrogens (tertiary/aromatic N) is 2. The largest absolute Gasteiger partial charge is 0.443 e. The fraction of sp³-hybridized carbons (Fsp3) is 0.231. The Morgan fingerprint density at radius 3 is 3.11 bits per heavy atom. The van der Waals surface area contributed by atoms with E-state index in [9.17, 15) is 0 Å². The first-order chi connectivity index (χ1) is 8.86. The van der Waals surface area contributed by atoms with Gasteiger partial charge in [0, 0.05) is 18.6 Å². The van der Waals surface area contributed by atoms with Crippen LogP contribution >= 0.6 is 0 Å². The van der Waals surface area contributed by atoms with Gasteiger partial charge in [-0.3, -0.25) is 0 Å². The number of imidazole rings is 1. The van der Waals surface area contributed by atoms with E-state index in [1.807, 2.05) is 18.2 Å². The zero-order chi connectivity index (χ0) is 12.4. The van der Waals surface area contributed by atoms with Gasteiger partial charge < -0.3 is 14.5 Å². The van der Waals surface area contributed by atoms with Gasteiger partial charge in [-0.25, -0.2) is 9.97 Å². The molecule has 0 radical (unpaired) electrons. The predicted molar refractivity (Wildman–Crippen MR) is 67.0 cm³/mol. The molecule has 2 heterocycles. The van der Waals surface area contributed by atoms with Crippen LogP contribution in [0.1, 0.15) is 12.2 Å². The lowest BCUT2D eigenvalue weighted by Gasteiger charge is -1.97. The molecule has 1 aromatic carbocycles. The van der Waals surface area contributed by atoms with E-state index in [0.29, 0.717) is 6.42 Å². The average molecular weight is 243 g/mol. The lowest BCUT2D eigenvalue weighted by atomic mass is 10.1. The number of oxazole rings is 1. The Balaban J connectivity index is 1.90. The summed E-state index contributed by atoms with van der Waals surface area (Å²) in [6.07, 6.45) is 4.70. The molecule has 0 saturated carbocycles. The smallest absolute Gasteiger partial charge is 0.181 e. The Hall–Kier alpha value is -2.14. The summed E-state index contributed by atoms with van der Waals surface area (Å²) >= 11 is 0. The van der Waals surface area contributed by atoms with Crippen LogP contribution < -0.4 is 0 Å². The molecule has 2 N–H and O–H groups in total. The summed E-state index contributed by atoms with van der Waals surface area (Å²) in [4.78, 5) is 11.6. The van der Waals surface area contributed by atoms with Gasteiger partial charge in [0.05, 0.1) is 11.9 Å². The number of aliphatic hydroxyl groups is 1. The van der Waals surface area contributed by atoms with Gasteiger partial charge in [-0.2, -0.15) is 0 Å². The van der Waals surface area contributed by atoms with Crippen molar-refractivity contribution in [3.05, 3.63) is 36.6 Å². The van der Waals surface area contributed by atoms with Gasteiger partial charge in [-0.05, 0) is 18.6 Å². The molecule has 5 nitrogen and oxygen atoms in total. The maximum absolute atomic E-state index is 8.79. The summed E-state index contributed by atoms with van der Waals surface area (Å²) < 4.78 is 5.27. The van der Waals surface area contributed by atoms with Crippen molar-refractivity contribution in [1.82, 2.24) is 15.0 Å². The van der Waals surface area contributed by atoms with Crippen molar-refractivity contribution in [2.45, 2.75) is 12.8 Å². The monoisotopic (exact) mass is 243 g/mol. The molecule has 0 amide bonds. The number of hydrogen-bond donors (Lipinski definition) is 2. The Morgan fingerprint density at radius 2 is 2.22 bits per heavy atom. The number of nitrogens with one attached hydrogen (secondary N) is 1. The van der Waals surface area contributed by atoms with E-state index in [4.69, 9.17) is 9.52 Å². The molecule has 0 unspecified atom stereocenters. The maximum atomic E-state index is 8.79. The van der Waals surface area contributed by atoms with Crippen LogP contribution in [-0.4, -0.2) is 26.7 Å². The molecule has 92 valence electrons. The molecule has 18 heavy (non-hydrogen) atoms. The topological polar surface area (TPSA) is 74.9 Å². The van der Waals surface area contributed by atoms with E-state index in [1.165, 1.54) is 6.39 Å². The summed E-state index contributed by atoms with van der Waals surface area (Å²) in [6.45, 7) is 0.181. The number of aromatic amines is 1. The van der Waals surface area contributed by atoms with E-state index in [2.05, 4.69) is 15.0 Å². The van der Waals surface area contributed by atoms with Crippen molar-refractivity contribution in [3.8, 4) is 11.3 Å². The zero-order valence-electron chi connectivity index (χ0n) is 9.76. The third-order valence-electron chi connectivity index (χ3n) is 2.84. The van der Waals surface area contributed by atoms with Crippen LogP contribution in [0, 0.1) is 0 Å². The molecule has 0 atom stereocenters. The number of hydrogen-bond acceptors (Lipinski definition) is 4. The Bertz CT molecular complexity index is 657. The SMILES string of the molecule is OCCCc1ncc(-c2ccc3ncoc3c2)[nH]1. The predicted octanol–water partition coefficient (Wildman–Crippen LogP) is 2.14. The van der Waals surface area contributed by atoms with Gasteiger partial charge >= 0.3 is 0 Å². The van der Waals surface area contributed by atoms with Crippen molar-refractivity contribution in [2.75, 3.05) is 6.61 Å². The van der Waals surface area contributed by atoms with Crippen molar-refractivity contribution < 1.29 is 9.52 Å². The van der Waals surface area contributed by atoms with E-state index < -0.39 is 0 Å². The van der Waals surface area contributed by atoms with Gasteiger partial charge in [-0.15, -0.1) is 0 Å². The van der Waals surface area contributed by atoms with Gasteiger partial charge in [-0.1, -0.05) is 6.07 Å². The maximum Gasteiger partial charge on any atom is 0.181 e. The van der Waals surface area contributed by atoms with Gasteiger partial charge in [0.15, 0.2) is 12.0 Å². The molecule has 0 spiro atoms. The molecule has 0 fully saturated rings. The molecular formula is C13H13N3O2. The van der Waals surface area contributed by atoms with E-state index in [1.54, 1.807) is 6.20 Å². The first kappa shape index (κ1) is 11.0. The standard InChI is InChI=1S/C13H13N3O2/c17-5-1-2-13-14-7-11(16-13)9-3-4-10-12(6-9)18-8-15-10/h3-4,6-8,17H,1-2,5H2,(H,14,16). The lowest BCUT2D eigenvalue weighted by Crippen LogP contribution is -1.91. The van der Waals surface area contributed by atoms with Crippen molar-refractivity contribution in [2.24, 2.45) is 0 Å². The minimum atomic E-state index is 0.181. The van der Waals surface area contributed by atoms with Crippen LogP contribution in [-0.2, 0) is 6.42 Å². The molecule has 3 aromatic rings. The van der Waals surface area contributed by atoms with Gasteiger partial charge in [0.2, 0.25) is 0 Å². The van der Waals surface area contributed by atoms with Crippen LogP contribution in [0.4, 0.5) is 0 Å². The number of aromatic nitrogens is 3. The highest BCUT2D eigenvalue weighted by Crippen LogP contribution is 2.22. The second-order valence-corrected chi connectivity index (χ2v) is 4.11. The molecule has 3 rings (SSSR count). The minimum absolute atomic E-state index is 0.181. The van der Waals surface area contributed by atoms with Crippen LogP contribution in [0.3, 0.4) is 0 Å². The summed E-state index contributed by atoms with van der Waals surface area (Å²) in [5, 5.41) is 8.79. The number of H-pyrrole nitrogens is 1. The third kappa shape index (κ3) is 2.00. The van der Waals surface area contributed by atoms with Gasteiger partial charge in [0.25, 0.3) is 0 Å². The highest BCUT2D eigenvalue weighted by atomic mass is 16.3. The molecule has 0 aliphatic rings.